The van der Waals surface area contributed by atoms with Crippen molar-refractivity contribution in [3.8, 4) is 0 Å². The van der Waals surface area contributed by atoms with Crippen LogP contribution < -0.4 is 0 Å². The number of rotatable bonds is 0. The summed E-state index contributed by atoms with van der Waals surface area (Å²) in [5, 5.41) is 25.2. The number of aliphatic hydroxyl groups is 2. The number of fused-ring (bicyclic) bond motifs is 4. The lowest BCUT2D eigenvalue weighted by atomic mass is 9.82. The average Bonchev–Trinajstić information content (AvgIpc) is 2.54. The van der Waals surface area contributed by atoms with E-state index in [0.29, 0.717) is 0 Å². The van der Waals surface area contributed by atoms with Gasteiger partial charge >= 0.3 is 0 Å². The fourth-order valence-electron chi connectivity index (χ4n) is 3.74. The lowest BCUT2D eigenvalue weighted by molar-refractivity contribution is 0.0466. The molecule has 0 aromatic heterocycles. The maximum Gasteiger partial charge on any atom is 0.109 e. The van der Waals surface area contributed by atoms with E-state index >= 15 is 0 Å². The SMILES string of the molecule is Cc1c2c(c(C)c3c1ccc1ccccc13)C=C[C@@H](O)[C@@H]2O. The molecule has 0 fully saturated rings. The molecule has 0 amide bonds. The molecule has 2 atom stereocenters. The summed E-state index contributed by atoms with van der Waals surface area (Å²) in [7, 11) is 0. The molecule has 1 aliphatic rings. The lowest BCUT2D eigenvalue weighted by Crippen LogP contribution is -2.21. The van der Waals surface area contributed by atoms with E-state index in [2.05, 4.69) is 43.3 Å². The lowest BCUT2D eigenvalue weighted by Gasteiger charge is -2.27. The highest BCUT2D eigenvalue weighted by atomic mass is 16.3. The standard InChI is InChI=1S/C20H18O2/c1-11-15-9-10-17(21)20(22)19(15)12(2)14-8-7-13-5-3-4-6-16(13)18(11)14/h3-10,17,20-22H,1-2H3/t17-,20+/m1/s1. The Kier molecular flexibility index (Phi) is 2.86. The van der Waals surface area contributed by atoms with E-state index in [1.54, 1.807) is 6.08 Å². The van der Waals surface area contributed by atoms with Gasteiger partial charge in [-0.3, -0.25) is 0 Å². The summed E-state index contributed by atoms with van der Waals surface area (Å²) in [4.78, 5) is 0. The van der Waals surface area contributed by atoms with Crippen molar-refractivity contribution in [2.24, 2.45) is 0 Å². The van der Waals surface area contributed by atoms with E-state index in [1.165, 1.54) is 16.2 Å². The summed E-state index contributed by atoms with van der Waals surface area (Å²) in [5.41, 5.74) is 4.11. The van der Waals surface area contributed by atoms with E-state index < -0.39 is 12.2 Å². The van der Waals surface area contributed by atoms with Crippen molar-refractivity contribution < 1.29 is 10.2 Å². The van der Waals surface area contributed by atoms with Gasteiger partial charge in [0.05, 0.1) is 0 Å². The minimum Gasteiger partial charge on any atom is -0.386 e. The second-order valence-electron chi connectivity index (χ2n) is 6.08. The van der Waals surface area contributed by atoms with Crippen LogP contribution in [0, 0.1) is 13.8 Å². The van der Waals surface area contributed by atoms with Crippen LogP contribution in [0.15, 0.2) is 42.5 Å². The zero-order chi connectivity index (χ0) is 15.4. The first-order chi connectivity index (χ1) is 10.6. The van der Waals surface area contributed by atoms with Crippen LogP contribution in [0.4, 0.5) is 0 Å². The molecule has 0 saturated carbocycles. The molecule has 3 aromatic rings. The Morgan fingerprint density at radius 3 is 2.45 bits per heavy atom. The molecule has 22 heavy (non-hydrogen) atoms. The maximum atomic E-state index is 10.4. The molecule has 0 aliphatic heterocycles. The van der Waals surface area contributed by atoms with Gasteiger partial charge in [0.2, 0.25) is 0 Å². The molecule has 0 heterocycles. The van der Waals surface area contributed by atoms with E-state index in [9.17, 15) is 10.2 Å². The summed E-state index contributed by atoms with van der Waals surface area (Å²) in [6.07, 6.45) is 1.94. The average molecular weight is 290 g/mol. The Morgan fingerprint density at radius 1 is 0.864 bits per heavy atom. The molecule has 0 bridgehead atoms. The number of hydrogen-bond donors (Lipinski definition) is 2. The van der Waals surface area contributed by atoms with Gasteiger partial charge in [0.15, 0.2) is 0 Å². The normalized spacial score (nSPS) is 20.5. The van der Waals surface area contributed by atoms with Gasteiger partial charge in [0, 0.05) is 0 Å². The summed E-state index contributed by atoms with van der Waals surface area (Å²) in [6, 6.07) is 12.6. The Morgan fingerprint density at radius 2 is 1.64 bits per heavy atom. The smallest absolute Gasteiger partial charge is 0.109 e. The van der Waals surface area contributed by atoms with Gasteiger partial charge in [-0.15, -0.1) is 0 Å². The van der Waals surface area contributed by atoms with Crippen LogP contribution in [0.25, 0.3) is 27.6 Å². The number of aliphatic hydroxyl groups excluding tert-OH is 2. The van der Waals surface area contributed by atoms with E-state index in [0.717, 1.165) is 27.6 Å². The highest BCUT2D eigenvalue weighted by Gasteiger charge is 2.27. The quantitative estimate of drug-likeness (QED) is 0.614. The molecule has 0 saturated heterocycles. The fourth-order valence-corrected chi connectivity index (χ4v) is 3.74. The Bertz CT molecular complexity index is 937. The van der Waals surface area contributed by atoms with Gasteiger partial charge in [0.25, 0.3) is 0 Å². The molecule has 0 radical (unpaired) electrons. The van der Waals surface area contributed by atoms with Gasteiger partial charge in [-0.25, -0.2) is 0 Å². The van der Waals surface area contributed by atoms with Crippen LogP contribution in [-0.2, 0) is 0 Å². The molecule has 2 nitrogen and oxygen atoms in total. The molecule has 2 heteroatoms. The zero-order valence-electron chi connectivity index (χ0n) is 12.7. The second-order valence-corrected chi connectivity index (χ2v) is 6.08. The summed E-state index contributed by atoms with van der Waals surface area (Å²) in [6.45, 7) is 4.13. The highest BCUT2D eigenvalue weighted by Crippen LogP contribution is 2.40. The summed E-state index contributed by atoms with van der Waals surface area (Å²) < 4.78 is 0. The molecular formula is C20H18O2. The van der Waals surface area contributed by atoms with Gasteiger partial charge in [0.1, 0.15) is 12.2 Å². The van der Waals surface area contributed by atoms with Crippen molar-refractivity contribution in [2.75, 3.05) is 0 Å². The van der Waals surface area contributed by atoms with Crippen molar-refractivity contribution in [3.63, 3.8) is 0 Å². The van der Waals surface area contributed by atoms with Crippen LogP contribution in [0.3, 0.4) is 0 Å². The van der Waals surface area contributed by atoms with Crippen molar-refractivity contribution in [1.29, 1.82) is 0 Å². The maximum absolute atomic E-state index is 10.4. The number of aryl methyl sites for hydroxylation is 2. The van der Waals surface area contributed by atoms with Gasteiger partial charge in [-0.05, 0) is 57.6 Å². The van der Waals surface area contributed by atoms with Gasteiger partial charge in [-0.2, -0.15) is 0 Å². The highest BCUT2D eigenvalue weighted by molar-refractivity contribution is 6.11. The van der Waals surface area contributed by atoms with Crippen LogP contribution in [0.2, 0.25) is 0 Å². The van der Waals surface area contributed by atoms with Crippen molar-refractivity contribution in [3.05, 3.63) is 64.7 Å². The largest absolute Gasteiger partial charge is 0.386 e. The topological polar surface area (TPSA) is 40.5 Å². The molecule has 1 aliphatic carbocycles. The zero-order valence-corrected chi connectivity index (χ0v) is 12.7. The minimum atomic E-state index is -0.852. The third kappa shape index (κ3) is 1.68. The molecule has 4 rings (SSSR count). The van der Waals surface area contributed by atoms with Crippen LogP contribution in [-0.4, -0.2) is 16.3 Å². The van der Waals surface area contributed by atoms with Crippen molar-refractivity contribution in [1.82, 2.24) is 0 Å². The molecule has 0 spiro atoms. The summed E-state index contributed by atoms with van der Waals surface area (Å²) in [5.74, 6) is 0. The van der Waals surface area contributed by atoms with Crippen molar-refractivity contribution in [2.45, 2.75) is 26.1 Å². The van der Waals surface area contributed by atoms with E-state index in [-0.39, 0.29) is 0 Å². The fraction of sp³-hybridized carbons (Fsp3) is 0.200. The van der Waals surface area contributed by atoms with Gasteiger partial charge in [-0.1, -0.05) is 48.6 Å². The van der Waals surface area contributed by atoms with Gasteiger partial charge < -0.3 is 10.2 Å². The van der Waals surface area contributed by atoms with Crippen LogP contribution in [0.5, 0.6) is 0 Å². The van der Waals surface area contributed by atoms with E-state index in [1.807, 2.05) is 13.0 Å². The third-order valence-electron chi connectivity index (χ3n) is 4.89. The Labute approximate surface area is 129 Å². The minimum absolute atomic E-state index is 0.830. The molecule has 0 unspecified atom stereocenters. The number of hydrogen-bond acceptors (Lipinski definition) is 2. The molecule has 3 aromatic carbocycles. The third-order valence-corrected chi connectivity index (χ3v) is 4.89. The first-order valence-electron chi connectivity index (χ1n) is 7.58. The summed E-state index contributed by atoms with van der Waals surface area (Å²) >= 11 is 0. The Balaban J connectivity index is 2.23. The van der Waals surface area contributed by atoms with Crippen LogP contribution in [0.1, 0.15) is 28.4 Å². The first-order valence-corrected chi connectivity index (χ1v) is 7.58. The number of benzene rings is 3. The van der Waals surface area contributed by atoms with Crippen LogP contribution >= 0.6 is 0 Å². The molecular weight excluding hydrogens is 272 g/mol. The first kappa shape index (κ1) is 13.5. The van der Waals surface area contributed by atoms with E-state index in [4.69, 9.17) is 0 Å². The Hall–Kier alpha value is -2.16. The molecule has 2 N–H and O–H groups in total. The predicted octanol–water partition coefficient (Wildman–Crippen LogP) is 4.03. The predicted molar refractivity (Wildman–Crippen MR) is 90.9 cm³/mol. The molecule has 110 valence electrons. The monoisotopic (exact) mass is 290 g/mol. The second kappa shape index (κ2) is 4.67. The van der Waals surface area contributed by atoms with Crippen molar-refractivity contribution >= 4 is 27.6 Å².